The molecular formula is C14H25Cl2NO2. The third-order valence-electron chi connectivity index (χ3n) is 4.78. The molecule has 4 unspecified atom stereocenters. The van der Waals surface area contributed by atoms with E-state index in [1.807, 2.05) is 0 Å². The van der Waals surface area contributed by atoms with Crippen LogP contribution in [0.4, 0.5) is 0 Å². The number of aliphatic hydroxyl groups excluding tert-OH is 2. The molecule has 0 amide bonds. The largest absolute Gasteiger partial charge is 0.396 e. The van der Waals surface area contributed by atoms with Gasteiger partial charge in [-0.2, -0.15) is 0 Å². The number of alkyl halides is 2. The molecule has 5 heteroatoms. The van der Waals surface area contributed by atoms with Crippen LogP contribution in [0.3, 0.4) is 0 Å². The zero-order valence-electron chi connectivity index (χ0n) is 11.5. The Morgan fingerprint density at radius 1 is 1.16 bits per heavy atom. The molecule has 2 N–H and O–H groups in total. The van der Waals surface area contributed by atoms with Gasteiger partial charge < -0.3 is 15.1 Å². The number of piperidine rings is 1. The average molecular weight is 310 g/mol. The predicted molar refractivity (Wildman–Crippen MR) is 78.9 cm³/mol. The second-order valence-electron chi connectivity index (χ2n) is 6.25. The van der Waals surface area contributed by atoms with Crippen molar-refractivity contribution < 1.29 is 10.2 Å². The first kappa shape index (κ1) is 15.8. The molecule has 1 aliphatic heterocycles. The average Bonchev–Trinajstić information content (AvgIpc) is 2.38. The van der Waals surface area contributed by atoms with E-state index in [9.17, 15) is 10.2 Å². The van der Waals surface area contributed by atoms with Gasteiger partial charge in [0.15, 0.2) is 0 Å². The van der Waals surface area contributed by atoms with Crippen LogP contribution < -0.4 is 0 Å². The van der Waals surface area contributed by atoms with Gasteiger partial charge in [-0.05, 0) is 51.0 Å². The first-order valence-corrected chi connectivity index (χ1v) is 8.19. The number of likely N-dealkylation sites (tertiary alicyclic amines) is 1. The number of halogens is 2. The second kappa shape index (κ2) is 6.95. The lowest BCUT2D eigenvalue weighted by Gasteiger charge is -2.42. The Labute approximate surface area is 125 Å². The smallest absolute Gasteiger partial charge is 0.0595 e. The van der Waals surface area contributed by atoms with Crippen LogP contribution in [-0.4, -0.2) is 57.7 Å². The van der Waals surface area contributed by atoms with E-state index in [-0.39, 0.29) is 22.8 Å². The molecule has 112 valence electrons. The van der Waals surface area contributed by atoms with Crippen LogP contribution in [0, 0.1) is 11.8 Å². The molecule has 0 aromatic heterocycles. The van der Waals surface area contributed by atoms with Crippen molar-refractivity contribution in [2.75, 3.05) is 19.7 Å². The highest BCUT2D eigenvalue weighted by Crippen LogP contribution is 2.34. The van der Waals surface area contributed by atoms with Crippen LogP contribution in [0.1, 0.15) is 32.6 Å². The van der Waals surface area contributed by atoms with E-state index in [1.165, 1.54) is 0 Å². The molecule has 2 rings (SSSR count). The highest BCUT2D eigenvalue weighted by molar-refractivity contribution is 6.30. The molecule has 0 spiro atoms. The highest BCUT2D eigenvalue weighted by Gasteiger charge is 2.36. The van der Waals surface area contributed by atoms with Gasteiger partial charge in [-0.25, -0.2) is 0 Å². The SMILES string of the molecule is C[C@@H]1C[C@@H](CO)CCN1CC1CC(Cl)C(Cl)CC1O. The zero-order valence-corrected chi connectivity index (χ0v) is 13.0. The minimum atomic E-state index is -0.333. The van der Waals surface area contributed by atoms with Gasteiger partial charge in [0.2, 0.25) is 0 Å². The minimum absolute atomic E-state index is 0.0275. The molecular weight excluding hydrogens is 285 g/mol. The monoisotopic (exact) mass is 309 g/mol. The highest BCUT2D eigenvalue weighted by atomic mass is 35.5. The second-order valence-corrected chi connectivity index (χ2v) is 7.37. The summed E-state index contributed by atoms with van der Waals surface area (Å²) < 4.78 is 0. The molecule has 1 saturated heterocycles. The van der Waals surface area contributed by atoms with Gasteiger partial charge >= 0.3 is 0 Å². The van der Waals surface area contributed by atoms with E-state index in [2.05, 4.69) is 11.8 Å². The first-order chi connectivity index (χ1) is 9.01. The lowest BCUT2D eigenvalue weighted by molar-refractivity contribution is 0.0196. The number of hydrogen-bond acceptors (Lipinski definition) is 3. The summed E-state index contributed by atoms with van der Waals surface area (Å²) in [7, 11) is 0. The number of hydrogen-bond donors (Lipinski definition) is 2. The molecule has 1 heterocycles. The van der Waals surface area contributed by atoms with Crippen LogP contribution in [0.15, 0.2) is 0 Å². The van der Waals surface area contributed by atoms with Crippen molar-refractivity contribution in [3.63, 3.8) is 0 Å². The maximum Gasteiger partial charge on any atom is 0.0595 e. The maximum absolute atomic E-state index is 10.2. The molecule has 0 radical (unpaired) electrons. The fourth-order valence-electron chi connectivity index (χ4n) is 3.42. The molecule has 3 nitrogen and oxygen atoms in total. The van der Waals surface area contributed by atoms with Gasteiger partial charge in [-0.3, -0.25) is 0 Å². The molecule has 1 aliphatic carbocycles. The molecule has 1 saturated carbocycles. The third kappa shape index (κ3) is 3.98. The normalized spacial score (nSPS) is 45.3. The quantitative estimate of drug-likeness (QED) is 0.784. The van der Waals surface area contributed by atoms with E-state index < -0.39 is 0 Å². The van der Waals surface area contributed by atoms with Crippen molar-refractivity contribution in [3.8, 4) is 0 Å². The van der Waals surface area contributed by atoms with Crippen LogP contribution in [0.5, 0.6) is 0 Å². The van der Waals surface area contributed by atoms with Crippen molar-refractivity contribution in [2.24, 2.45) is 11.8 Å². The van der Waals surface area contributed by atoms with Gasteiger partial charge in [-0.15, -0.1) is 23.2 Å². The Morgan fingerprint density at radius 2 is 1.84 bits per heavy atom. The molecule has 0 bridgehead atoms. The summed E-state index contributed by atoms with van der Waals surface area (Å²) in [5.41, 5.74) is 0. The van der Waals surface area contributed by atoms with Crippen molar-refractivity contribution >= 4 is 23.2 Å². The van der Waals surface area contributed by atoms with Crippen LogP contribution in [0.25, 0.3) is 0 Å². The maximum atomic E-state index is 10.2. The van der Waals surface area contributed by atoms with Crippen molar-refractivity contribution in [1.29, 1.82) is 0 Å². The molecule has 2 aliphatic rings. The molecule has 19 heavy (non-hydrogen) atoms. The van der Waals surface area contributed by atoms with Crippen LogP contribution >= 0.6 is 23.2 Å². The van der Waals surface area contributed by atoms with Gasteiger partial charge in [-0.1, -0.05) is 0 Å². The zero-order chi connectivity index (χ0) is 14.0. The lowest BCUT2D eigenvalue weighted by Crippen LogP contribution is -2.48. The summed E-state index contributed by atoms with van der Waals surface area (Å²) in [4.78, 5) is 2.43. The summed E-state index contributed by atoms with van der Waals surface area (Å²) in [5.74, 6) is 0.668. The minimum Gasteiger partial charge on any atom is -0.396 e. The topological polar surface area (TPSA) is 43.7 Å². The summed E-state index contributed by atoms with van der Waals surface area (Å²) in [6.07, 6.45) is 3.15. The Bertz CT molecular complexity index is 293. The van der Waals surface area contributed by atoms with E-state index in [0.717, 1.165) is 32.4 Å². The van der Waals surface area contributed by atoms with E-state index >= 15 is 0 Å². The lowest BCUT2D eigenvalue weighted by atomic mass is 9.84. The molecule has 0 aromatic carbocycles. The molecule has 0 aromatic rings. The Kier molecular flexibility index (Phi) is 5.79. The van der Waals surface area contributed by atoms with Crippen molar-refractivity contribution in [2.45, 2.75) is 55.5 Å². The van der Waals surface area contributed by atoms with E-state index in [1.54, 1.807) is 0 Å². The van der Waals surface area contributed by atoms with Gasteiger partial charge in [0.25, 0.3) is 0 Å². The van der Waals surface area contributed by atoms with E-state index in [0.29, 0.717) is 25.0 Å². The number of aliphatic hydroxyl groups is 2. The number of nitrogens with zero attached hydrogens (tertiary/aromatic N) is 1. The molecule has 6 atom stereocenters. The Morgan fingerprint density at radius 3 is 2.47 bits per heavy atom. The van der Waals surface area contributed by atoms with Gasteiger partial charge in [0.05, 0.1) is 16.9 Å². The van der Waals surface area contributed by atoms with Crippen LogP contribution in [-0.2, 0) is 0 Å². The van der Waals surface area contributed by atoms with E-state index in [4.69, 9.17) is 23.2 Å². The first-order valence-electron chi connectivity index (χ1n) is 7.32. The standard InChI is InChI=1S/C14H25Cl2NO2/c1-9-4-10(8-18)2-3-17(9)7-11-5-12(15)13(16)6-14(11)19/h9-14,18-19H,2-8H2,1H3/t9-,10+,11?,12?,13?,14?/m1/s1. The fourth-order valence-corrected chi connectivity index (χ4v) is 4.03. The predicted octanol–water partition coefficient (Wildman–Crippen LogP) is 2.06. The summed E-state index contributed by atoms with van der Waals surface area (Å²) >= 11 is 12.3. The van der Waals surface area contributed by atoms with Crippen LogP contribution in [0.2, 0.25) is 0 Å². The van der Waals surface area contributed by atoms with Gasteiger partial charge in [0, 0.05) is 19.2 Å². The third-order valence-corrected chi connectivity index (χ3v) is 5.87. The Hall–Kier alpha value is 0.460. The van der Waals surface area contributed by atoms with Crippen molar-refractivity contribution in [1.82, 2.24) is 4.90 Å². The number of rotatable bonds is 3. The fraction of sp³-hybridized carbons (Fsp3) is 1.00. The summed E-state index contributed by atoms with van der Waals surface area (Å²) in [5, 5.41) is 19.3. The Balaban J connectivity index is 1.87. The molecule has 2 fully saturated rings. The summed E-state index contributed by atoms with van der Waals surface area (Å²) in [6, 6.07) is 0.473. The van der Waals surface area contributed by atoms with Crippen molar-refractivity contribution in [3.05, 3.63) is 0 Å². The summed E-state index contributed by atoms with van der Waals surface area (Å²) in [6.45, 7) is 4.40. The van der Waals surface area contributed by atoms with Gasteiger partial charge in [0.1, 0.15) is 0 Å².